The van der Waals surface area contributed by atoms with Crippen LogP contribution in [0, 0.1) is 5.92 Å². The fourth-order valence-electron chi connectivity index (χ4n) is 4.29. The molecule has 2 aliphatic rings. The Balaban J connectivity index is 1.40. The van der Waals surface area contributed by atoms with Gasteiger partial charge in [0.2, 0.25) is 11.6 Å². The molecular weight excluding hydrogens is 416 g/mol. The molecule has 1 aliphatic heterocycles. The van der Waals surface area contributed by atoms with Crippen LogP contribution in [-0.2, 0) is 22.6 Å². The van der Waals surface area contributed by atoms with Gasteiger partial charge in [0.15, 0.2) is 12.4 Å². The Hall–Kier alpha value is -3.45. The number of carbonyl (C=O) groups excluding carboxylic acids is 2. The summed E-state index contributed by atoms with van der Waals surface area (Å²) in [5.41, 5.74) is 10.8. The monoisotopic (exact) mass is 447 g/mol. The predicted octanol–water partition coefficient (Wildman–Crippen LogP) is 3.05. The van der Waals surface area contributed by atoms with Crippen molar-refractivity contribution in [3.05, 3.63) is 71.4 Å². The van der Waals surface area contributed by atoms with Crippen LogP contribution in [0.5, 0.6) is 0 Å². The van der Waals surface area contributed by atoms with E-state index in [4.69, 9.17) is 10.5 Å². The summed E-state index contributed by atoms with van der Waals surface area (Å²) in [5.74, 6) is 0.00110. The zero-order chi connectivity index (χ0) is 23.4. The van der Waals surface area contributed by atoms with Crippen LogP contribution < -0.4 is 11.1 Å². The summed E-state index contributed by atoms with van der Waals surface area (Å²) in [4.78, 5) is 25.7. The maximum absolute atomic E-state index is 12.2. The molecule has 0 bridgehead atoms. The van der Waals surface area contributed by atoms with Crippen molar-refractivity contribution in [2.75, 3.05) is 20.6 Å². The molecule has 2 aromatic carbocycles. The molecule has 0 saturated heterocycles. The molecule has 0 radical (unpaired) electrons. The Kier molecular flexibility index (Phi) is 6.89. The van der Waals surface area contributed by atoms with Gasteiger partial charge in [-0.05, 0) is 50.0 Å². The Morgan fingerprint density at radius 2 is 1.91 bits per heavy atom. The number of fused-ring (bicyclic) bond motifs is 1. The predicted molar refractivity (Wildman–Crippen MR) is 128 cm³/mol. The summed E-state index contributed by atoms with van der Waals surface area (Å²) >= 11 is 0. The van der Waals surface area contributed by atoms with Gasteiger partial charge in [0.25, 0.3) is 0 Å². The van der Waals surface area contributed by atoms with Gasteiger partial charge in [-0.15, -0.1) is 0 Å². The third-order valence-corrected chi connectivity index (χ3v) is 6.06. The molecule has 0 spiro atoms. The van der Waals surface area contributed by atoms with Crippen LogP contribution in [0.1, 0.15) is 29.5 Å². The van der Waals surface area contributed by atoms with E-state index in [1.54, 1.807) is 0 Å². The van der Waals surface area contributed by atoms with Crippen LogP contribution in [0.4, 0.5) is 10.5 Å². The van der Waals surface area contributed by atoms with Gasteiger partial charge in [0.05, 0.1) is 18.5 Å². The molecule has 172 valence electrons. The van der Waals surface area contributed by atoms with Crippen molar-refractivity contribution in [1.82, 2.24) is 10.2 Å². The summed E-state index contributed by atoms with van der Waals surface area (Å²) in [5, 5.41) is 2.98. The second-order valence-electron chi connectivity index (χ2n) is 9.00. The number of hydrogen-bond acceptors (Lipinski definition) is 4. The number of primary amides is 1. The Labute approximate surface area is 194 Å². The lowest BCUT2D eigenvalue weighted by Gasteiger charge is -2.35. The molecule has 1 heterocycles. The smallest absolute Gasteiger partial charge is 0.407 e. The number of hydrogen-bond donors (Lipinski definition) is 2. The number of allylic oxidation sites excluding steroid dienone is 1. The summed E-state index contributed by atoms with van der Waals surface area (Å²) in [6.45, 7) is 1.08. The second-order valence-corrected chi connectivity index (χ2v) is 9.00. The highest BCUT2D eigenvalue weighted by atomic mass is 16.5. The number of alkyl carbamates (subject to hydrolysis) is 1. The number of nitrogens with one attached hydrogen (secondary N) is 1. The fraction of sp³-hybridized carbons (Fsp3) is 0.346. The fourth-order valence-corrected chi connectivity index (χ4v) is 4.29. The Morgan fingerprint density at radius 1 is 1.15 bits per heavy atom. The summed E-state index contributed by atoms with van der Waals surface area (Å²) in [7, 11) is 4.07. The molecular formula is C26H31N4O3+. The third-order valence-electron chi connectivity index (χ3n) is 6.06. The van der Waals surface area contributed by atoms with E-state index in [-0.39, 0.29) is 31.1 Å². The Bertz CT molecular complexity index is 1090. The first-order valence-electron chi connectivity index (χ1n) is 11.3. The topological polar surface area (TPSA) is 87.7 Å². The van der Waals surface area contributed by atoms with E-state index < -0.39 is 0 Å². The lowest BCUT2D eigenvalue weighted by atomic mass is 9.74. The van der Waals surface area contributed by atoms with Crippen molar-refractivity contribution < 1.29 is 18.9 Å². The lowest BCUT2D eigenvalue weighted by molar-refractivity contribution is -0.351. The van der Waals surface area contributed by atoms with Gasteiger partial charge in [-0.2, -0.15) is 4.58 Å². The SMILES string of the molecule is CN(C)CC=[N+]1C=C(C2CC(NC(=O)OCc3ccccc3)C2)c2cc(CC(N)=O)ccc21. The first kappa shape index (κ1) is 22.7. The van der Waals surface area contributed by atoms with Gasteiger partial charge >= 0.3 is 6.09 Å². The minimum atomic E-state index is -0.382. The van der Waals surface area contributed by atoms with Crippen LogP contribution >= 0.6 is 0 Å². The van der Waals surface area contributed by atoms with Crippen molar-refractivity contribution in [3.8, 4) is 0 Å². The number of amides is 2. The Morgan fingerprint density at radius 3 is 2.61 bits per heavy atom. The molecule has 0 aromatic heterocycles. The standard InChI is InChI=1S/C26H30N4O3/c1-29(2)10-11-30-16-23(22-12-19(13-25(27)31)8-9-24(22)30)20-14-21(15-20)28-26(32)33-17-18-6-4-3-5-7-18/h3-9,11-12,16,20-21H,10,13-15,17H2,1-2H3,(H2-,27,28,31,32)/p+1. The van der Waals surface area contributed by atoms with Gasteiger partial charge in [-0.3, -0.25) is 4.79 Å². The van der Waals surface area contributed by atoms with Gasteiger partial charge in [-0.25, -0.2) is 4.79 Å². The summed E-state index contributed by atoms with van der Waals surface area (Å²) < 4.78 is 7.51. The van der Waals surface area contributed by atoms with Crippen molar-refractivity contribution in [2.24, 2.45) is 11.7 Å². The van der Waals surface area contributed by atoms with E-state index in [0.717, 1.165) is 41.8 Å². The molecule has 0 atom stereocenters. The van der Waals surface area contributed by atoms with E-state index in [9.17, 15) is 9.59 Å². The van der Waals surface area contributed by atoms with Gasteiger partial charge in [-0.1, -0.05) is 36.4 Å². The highest BCUT2D eigenvalue weighted by Crippen LogP contribution is 2.45. The molecule has 2 aromatic rings. The van der Waals surface area contributed by atoms with Crippen LogP contribution in [0.25, 0.3) is 5.57 Å². The molecule has 7 nitrogen and oxygen atoms in total. The maximum Gasteiger partial charge on any atom is 0.407 e. The van der Waals surface area contributed by atoms with E-state index >= 15 is 0 Å². The third kappa shape index (κ3) is 5.68. The van der Waals surface area contributed by atoms with Crippen LogP contribution in [-0.4, -0.2) is 54.4 Å². The van der Waals surface area contributed by atoms with E-state index in [1.165, 1.54) is 5.57 Å². The van der Waals surface area contributed by atoms with Crippen molar-refractivity contribution in [2.45, 2.75) is 31.9 Å². The molecule has 1 saturated carbocycles. The molecule has 7 heteroatoms. The molecule has 33 heavy (non-hydrogen) atoms. The van der Waals surface area contributed by atoms with Gasteiger partial charge < -0.3 is 20.7 Å². The minimum absolute atomic E-state index is 0.0937. The zero-order valence-electron chi connectivity index (χ0n) is 19.2. The quantitative estimate of drug-likeness (QED) is 0.609. The number of ether oxygens (including phenoxy) is 1. The van der Waals surface area contributed by atoms with Crippen LogP contribution in [0.2, 0.25) is 0 Å². The molecule has 1 fully saturated rings. The van der Waals surface area contributed by atoms with E-state index in [2.05, 4.69) is 39.3 Å². The highest BCUT2D eigenvalue weighted by Gasteiger charge is 2.39. The largest absolute Gasteiger partial charge is 0.445 e. The van der Waals surface area contributed by atoms with E-state index in [1.807, 2.05) is 50.5 Å². The van der Waals surface area contributed by atoms with Crippen LogP contribution in [0.3, 0.4) is 0 Å². The van der Waals surface area contributed by atoms with Crippen LogP contribution in [0.15, 0.2) is 54.7 Å². The van der Waals surface area contributed by atoms with Gasteiger partial charge in [0.1, 0.15) is 6.61 Å². The summed E-state index contributed by atoms with van der Waals surface area (Å²) in [6, 6.07) is 15.8. The number of nitrogens with two attached hydrogens (primary N) is 1. The normalized spacial score (nSPS) is 20.2. The maximum atomic E-state index is 12.2. The number of carbonyl (C=O) groups is 2. The first-order valence-corrected chi connectivity index (χ1v) is 11.3. The number of nitrogens with zero attached hydrogens (tertiary/aromatic N) is 2. The molecule has 2 amide bonds. The lowest BCUT2D eigenvalue weighted by Crippen LogP contribution is -2.44. The zero-order valence-corrected chi connectivity index (χ0v) is 19.2. The van der Waals surface area contributed by atoms with Crippen molar-refractivity contribution >= 4 is 29.5 Å². The second kappa shape index (κ2) is 10.0. The molecule has 3 N–H and O–H groups in total. The molecule has 4 rings (SSSR count). The van der Waals surface area contributed by atoms with Crippen molar-refractivity contribution in [1.29, 1.82) is 0 Å². The average molecular weight is 448 g/mol. The average Bonchev–Trinajstić information content (AvgIpc) is 3.10. The van der Waals surface area contributed by atoms with E-state index in [0.29, 0.717) is 5.92 Å². The molecule has 0 unspecified atom stereocenters. The molecule has 1 aliphatic carbocycles. The van der Waals surface area contributed by atoms with Crippen molar-refractivity contribution in [3.63, 3.8) is 0 Å². The highest BCUT2D eigenvalue weighted by molar-refractivity contribution is 5.82. The minimum Gasteiger partial charge on any atom is -0.445 e. The van der Waals surface area contributed by atoms with Gasteiger partial charge in [0, 0.05) is 17.7 Å². The summed E-state index contributed by atoms with van der Waals surface area (Å²) in [6.07, 6.45) is 5.88. The first-order chi connectivity index (χ1) is 15.9. The number of benzene rings is 2. The number of rotatable bonds is 8.